The van der Waals surface area contributed by atoms with Crippen molar-refractivity contribution in [1.29, 1.82) is 0 Å². The molecule has 12 aromatic carbocycles. The molecule has 0 N–H and O–H groups in total. The Balaban J connectivity index is 0.939. The third kappa shape index (κ3) is 6.87. The summed E-state index contributed by atoms with van der Waals surface area (Å²) < 4.78 is 6.35. The van der Waals surface area contributed by atoms with Crippen molar-refractivity contribution in [3.8, 4) is 55.6 Å². The maximum atomic E-state index is 6.35. The van der Waals surface area contributed by atoms with Crippen LogP contribution in [0, 0.1) is 0 Å². The van der Waals surface area contributed by atoms with Gasteiger partial charge in [0.1, 0.15) is 11.2 Å². The zero-order valence-corrected chi connectivity index (χ0v) is 40.0. The molecule has 0 saturated heterocycles. The number of para-hydroxylation sites is 2. The summed E-state index contributed by atoms with van der Waals surface area (Å²) in [6.45, 7) is 0. The lowest BCUT2D eigenvalue weighted by atomic mass is 9.67. The van der Waals surface area contributed by atoms with Gasteiger partial charge in [0.2, 0.25) is 0 Å². The fourth-order valence-electron chi connectivity index (χ4n) is 12.0. The highest BCUT2D eigenvalue weighted by Crippen LogP contribution is 2.59. The molecular formula is C71H47NO. The van der Waals surface area contributed by atoms with E-state index in [2.05, 4.69) is 278 Å². The lowest BCUT2D eigenvalue weighted by Gasteiger charge is -2.34. The molecule has 1 heterocycles. The van der Waals surface area contributed by atoms with Crippen molar-refractivity contribution in [3.63, 3.8) is 0 Å². The number of hydrogen-bond donors (Lipinski definition) is 0. The van der Waals surface area contributed by atoms with E-state index < -0.39 is 5.41 Å². The molecule has 0 radical (unpaired) electrons. The molecule has 2 nitrogen and oxygen atoms in total. The Morgan fingerprint density at radius 1 is 0.274 bits per heavy atom. The number of benzene rings is 12. The van der Waals surface area contributed by atoms with Crippen LogP contribution in [0.1, 0.15) is 22.3 Å². The van der Waals surface area contributed by atoms with Crippen molar-refractivity contribution in [1.82, 2.24) is 0 Å². The number of hydrogen-bond acceptors (Lipinski definition) is 2. The minimum absolute atomic E-state index is 0.514. The minimum Gasteiger partial charge on any atom is -0.456 e. The molecule has 1 aliphatic carbocycles. The van der Waals surface area contributed by atoms with Crippen LogP contribution in [0.5, 0.6) is 0 Å². The van der Waals surface area contributed by atoms with Crippen LogP contribution in [0.15, 0.2) is 290 Å². The summed E-state index contributed by atoms with van der Waals surface area (Å²) in [5, 5.41) is 4.74. The fraction of sp³-hybridized carbons (Fsp3) is 0.0141. The number of furan rings is 1. The van der Waals surface area contributed by atoms with E-state index in [9.17, 15) is 0 Å². The molecule has 0 unspecified atom stereocenters. The second-order valence-electron chi connectivity index (χ2n) is 19.1. The summed E-state index contributed by atoms with van der Waals surface area (Å²) in [5.41, 5.74) is 21.5. The molecule has 13 aromatic rings. The summed E-state index contributed by atoms with van der Waals surface area (Å²) >= 11 is 0. The van der Waals surface area contributed by atoms with E-state index in [1.807, 2.05) is 12.1 Å². The van der Waals surface area contributed by atoms with Crippen molar-refractivity contribution in [2.75, 3.05) is 4.90 Å². The van der Waals surface area contributed by atoms with E-state index >= 15 is 0 Å². The fourth-order valence-corrected chi connectivity index (χ4v) is 12.0. The first-order chi connectivity index (χ1) is 36.2. The van der Waals surface area contributed by atoms with E-state index in [1.165, 1.54) is 72.0 Å². The Kier molecular flexibility index (Phi) is 10.1. The molecular weight excluding hydrogens is 883 g/mol. The number of nitrogens with zero attached hydrogens (tertiary/aromatic N) is 1. The summed E-state index contributed by atoms with van der Waals surface area (Å²) in [7, 11) is 0. The van der Waals surface area contributed by atoms with Crippen LogP contribution in [0.2, 0.25) is 0 Å². The van der Waals surface area contributed by atoms with Crippen molar-refractivity contribution in [2.24, 2.45) is 0 Å². The van der Waals surface area contributed by atoms with Crippen molar-refractivity contribution in [2.45, 2.75) is 5.41 Å². The van der Waals surface area contributed by atoms with Crippen LogP contribution >= 0.6 is 0 Å². The maximum Gasteiger partial charge on any atom is 0.136 e. The van der Waals surface area contributed by atoms with Crippen LogP contribution in [-0.2, 0) is 5.41 Å². The lowest BCUT2D eigenvalue weighted by Crippen LogP contribution is -2.28. The lowest BCUT2D eigenvalue weighted by molar-refractivity contribution is 0.669. The molecule has 0 aliphatic heterocycles. The van der Waals surface area contributed by atoms with Gasteiger partial charge < -0.3 is 9.32 Å². The van der Waals surface area contributed by atoms with Gasteiger partial charge in [0.25, 0.3) is 0 Å². The van der Waals surface area contributed by atoms with Crippen LogP contribution in [-0.4, -0.2) is 0 Å². The van der Waals surface area contributed by atoms with Gasteiger partial charge in [-0.1, -0.05) is 237 Å². The summed E-state index contributed by atoms with van der Waals surface area (Å²) in [6, 6.07) is 104. The summed E-state index contributed by atoms with van der Waals surface area (Å²) in [5.74, 6) is 0. The monoisotopic (exact) mass is 929 g/mol. The number of rotatable bonds is 9. The van der Waals surface area contributed by atoms with E-state index in [-0.39, 0.29) is 0 Å². The molecule has 0 bridgehead atoms. The van der Waals surface area contributed by atoms with E-state index in [4.69, 9.17) is 4.42 Å². The van der Waals surface area contributed by atoms with Gasteiger partial charge in [-0.25, -0.2) is 0 Å². The predicted octanol–water partition coefficient (Wildman–Crippen LogP) is 19.2. The minimum atomic E-state index is -0.514. The van der Waals surface area contributed by atoms with Gasteiger partial charge in [0, 0.05) is 27.7 Å². The van der Waals surface area contributed by atoms with Crippen molar-refractivity contribution >= 4 is 49.8 Å². The second-order valence-corrected chi connectivity index (χ2v) is 19.1. The summed E-state index contributed by atoms with van der Waals surface area (Å²) in [6.07, 6.45) is 0. The topological polar surface area (TPSA) is 16.4 Å². The Morgan fingerprint density at radius 2 is 0.753 bits per heavy atom. The van der Waals surface area contributed by atoms with E-state index in [0.29, 0.717) is 0 Å². The Bertz CT molecular complexity index is 4130. The molecule has 0 spiro atoms. The van der Waals surface area contributed by atoms with Crippen LogP contribution in [0.4, 0.5) is 17.1 Å². The van der Waals surface area contributed by atoms with Gasteiger partial charge in [-0.3, -0.25) is 0 Å². The first-order valence-electron chi connectivity index (χ1n) is 25.2. The molecule has 0 fully saturated rings. The Labute approximate surface area is 425 Å². The summed E-state index contributed by atoms with van der Waals surface area (Å²) in [4.78, 5) is 2.43. The van der Waals surface area contributed by atoms with Gasteiger partial charge in [-0.05, 0) is 132 Å². The van der Waals surface area contributed by atoms with Gasteiger partial charge in [0.05, 0.1) is 11.1 Å². The van der Waals surface area contributed by atoms with Crippen LogP contribution < -0.4 is 4.90 Å². The van der Waals surface area contributed by atoms with Gasteiger partial charge >= 0.3 is 0 Å². The van der Waals surface area contributed by atoms with E-state index in [0.717, 1.165) is 55.7 Å². The zero-order valence-electron chi connectivity index (χ0n) is 40.0. The molecule has 1 aromatic heterocycles. The Hall–Kier alpha value is -9.50. The quantitative estimate of drug-likeness (QED) is 0.143. The first-order valence-corrected chi connectivity index (χ1v) is 25.2. The molecule has 73 heavy (non-hydrogen) atoms. The second kappa shape index (κ2) is 17.4. The normalized spacial score (nSPS) is 12.5. The first kappa shape index (κ1) is 42.4. The van der Waals surface area contributed by atoms with Crippen LogP contribution in [0.25, 0.3) is 88.3 Å². The molecule has 0 amide bonds. The molecule has 0 saturated carbocycles. The standard InChI is InChI=1S/C71H47NO/c1-4-19-49(20-5-1)56-45-46-57(59-26-11-10-25-58(56)59)50-37-42-55(43-38-50)72(54-40-35-48(36-41-54)51-39-44-62-61-28-14-17-34-68(61)73-69(62)47-51)67-33-16-13-27-60(67)63-30-18-32-66-70(63)64-29-12-15-31-65(64)71(66,52-21-6-2-7-22-52)53-23-8-3-9-24-53/h1-47H. The molecule has 342 valence electrons. The largest absolute Gasteiger partial charge is 0.456 e. The highest BCUT2D eigenvalue weighted by atomic mass is 16.3. The zero-order chi connectivity index (χ0) is 48.3. The van der Waals surface area contributed by atoms with Gasteiger partial charge in [-0.2, -0.15) is 0 Å². The van der Waals surface area contributed by atoms with Crippen molar-refractivity contribution in [3.05, 3.63) is 307 Å². The maximum absolute atomic E-state index is 6.35. The molecule has 2 heteroatoms. The Morgan fingerprint density at radius 3 is 1.42 bits per heavy atom. The predicted molar refractivity (Wildman–Crippen MR) is 305 cm³/mol. The highest BCUT2D eigenvalue weighted by Gasteiger charge is 2.47. The number of fused-ring (bicyclic) bond motifs is 7. The third-order valence-corrected chi connectivity index (χ3v) is 15.2. The average molecular weight is 930 g/mol. The molecule has 0 atom stereocenters. The molecule has 14 rings (SSSR count). The van der Waals surface area contributed by atoms with Gasteiger partial charge in [-0.15, -0.1) is 0 Å². The van der Waals surface area contributed by atoms with Crippen molar-refractivity contribution < 1.29 is 4.42 Å². The number of anilines is 3. The third-order valence-electron chi connectivity index (χ3n) is 15.2. The smallest absolute Gasteiger partial charge is 0.136 e. The SMILES string of the molecule is c1ccc(-c2ccc(-c3ccc(N(c4ccc(-c5ccc6c(c5)oc5ccccc56)cc4)c4ccccc4-c4cccc5c4-c4ccccc4C5(c4ccccc4)c4ccccc4)cc3)c3ccccc23)cc1. The highest BCUT2D eigenvalue weighted by molar-refractivity contribution is 6.07. The van der Waals surface area contributed by atoms with Crippen LogP contribution in [0.3, 0.4) is 0 Å². The molecule has 1 aliphatic rings. The van der Waals surface area contributed by atoms with Gasteiger partial charge in [0.15, 0.2) is 0 Å². The van der Waals surface area contributed by atoms with E-state index in [1.54, 1.807) is 0 Å². The average Bonchev–Trinajstić information content (AvgIpc) is 4.00.